The van der Waals surface area contributed by atoms with Crippen LogP contribution in [0.2, 0.25) is 0 Å². The van der Waals surface area contributed by atoms with E-state index in [1.165, 1.54) is 11.8 Å². The van der Waals surface area contributed by atoms with Crippen molar-refractivity contribution in [3.05, 3.63) is 36.3 Å². The van der Waals surface area contributed by atoms with Gasteiger partial charge in [-0.1, -0.05) is 11.3 Å². The highest BCUT2D eigenvalue weighted by Crippen LogP contribution is 2.02. The standard InChI is InChI=1S/C16H22N6O3/c1-25-16(24)7-10-19-15(23)12-22-11-13(20-21-22)5-4-9-18-14-6-2-3-8-17-14/h2-3,6,8,11H,4-5,7,9-10,12H2,1H3,(H,17,18)(H,19,23). The molecule has 2 heterocycles. The number of carbonyl (C=O) groups excluding carboxylic acids is 2. The van der Waals surface area contributed by atoms with Crippen LogP contribution in [0, 0.1) is 0 Å². The van der Waals surface area contributed by atoms with Gasteiger partial charge in [0.05, 0.1) is 19.2 Å². The van der Waals surface area contributed by atoms with Crippen molar-refractivity contribution in [1.29, 1.82) is 0 Å². The number of pyridine rings is 1. The number of carbonyl (C=O) groups is 2. The zero-order valence-corrected chi connectivity index (χ0v) is 14.1. The van der Waals surface area contributed by atoms with E-state index in [-0.39, 0.29) is 31.4 Å². The molecule has 2 rings (SSSR count). The van der Waals surface area contributed by atoms with Gasteiger partial charge in [-0.2, -0.15) is 0 Å². The molecule has 134 valence electrons. The number of rotatable bonds is 10. The maximum Gasteiger partial charge on any atom is 0.307 e. The number of methoxy groups -OCH3 is 1. The van der Waals surface area contributed by atoms with Crippen LogP contribution in [0.4, 0.5) is 5.82 Å². The molecule has 1 amide bonds. The maximum atomic E-state index is 11.7. The Balaban J connectivity index is 1.64. The van der Waals surface area contributed by atoms with E-state index in [2.05, 4.69) is 30.7 Å². The average molecular weight is 346 g/mol. The van der Waals surface area contributed by atoms with Gasteiger partial charge >= 0.3 is 5.97 Å². The molecular weight excluding hydrogens is 324 g/mol. The zero-order valence-electron chi connectivity index (χ0n) is 14.1. The van der Waals surface area contributed by atoms with Gasteiger partial charge < -0.3 is 15.4 Å². The van der Waals surface area contributed by atoms with Gasteiger partial charge in [-0.25, -0.2) is 9.67 Å². The van der Waals surface area contributed by atoms with Crippen LogP contribution in [0.25, 0.3) is 0 Å². The number of hydrogen-bond acceptors (Lipinski definition) is 7. The first-order valence-corrected chi connectivity index (χ1v) is 8.05. The Morgan fingerprint density at radius 2 is 2.16 bits per heavy atom. The molecule has 2 aromatic rings. The molecule has 0 atom stereocenters. The lowest BCUT2D eigenvalue weighted by molar-refractivity contribution is -0.140. The third-order valence-corrected chi connectivity index (χ3v) is 3.35. The van der Waals surface area contributed by atoms with Crippen LogP contribution >= 0.6 is 0 Å². The number of hydrogen-bond donors (Lipinski definition) is 2. The number of ether oxygens (including phenoxy) is 1. The van der Waals surface area contributed by atoms with Crippen molar-refractivity contribution in [2.24, 2.45) is 0 Å². The second-order valence-corrected chi connectivity index (χ2v) is 5.33. The number of nitrogens with zero attached hydrogens (tertiary/aromatic N) is 4. The van der Waals surface area contributed by atoms with Crippen molar-refractivity contribution < 1.29 is 14.3 Å². The lowest BCUT2D eigenvalue weighted by Gasteiger charge is -2.04. The van der Waals surface area contributed by atoms with E-state index in [1.54, 1.807) is 12.4 Å². The Hall–Kier alpha value is -2.97. The minimum Gasteiger partial charge on any atom is -0.469 e. The smallest absolute Gasteiger partial charge is 0.307 e. The number of anilines is 1. The summed E-state index contributed by atoms with van der Waals surface area (Å²) in [4.78, 5) is 26.9. The molecule has 2 aromatic heterocycles. The summed E-state index contributed by atoms with van der Waals surface area (Å²) >= 11 is 0. The Morgan fingerprint density at radius 1 is 1.28 bits per heavy atom. The van der Waals surface area contributed by atoms with Gasteiger partial charge in [-0.3, -0.25) is 9.59 Å². The molecule has 0 saturated heterocycles. The van der Waals surface area contributed by atoms with Crippen LogP contribution in [-0.4, -0.2) is 52.1 Å². The number of esters is 1. The van der Waals surface area contributed by atoms with E-state index in [1.807, 2.05) is 18.2 Å². The summed E-state index contributed by atoms with van der Waals surface area (Å²) < 4.78 is 5.98. The summed E-state index contributed by atoms with van der Waals surface area (Å²) in [6, 6.07) is 5.71. The van der Waals surface area contributed by atoms with Gasteiger partial charge in [0.25, 0.3) is 0 Å². The summed E-state index contributed by atoms with van der Waals surface area (Å²) in [6.07, 6.45) is 5.27. The molecule has 9 heteroatoms. The van der Waals surface area contributed by atoms with Gasteiger partial charge in [0.15, 0.2) is 0 Å². The Labute approximate surface area is 145 Å². The zero-order chi connectivity index (χ0) is 17.9. The van der Waals surface area contributed by atoms with Crippen LogP contribution in [0.1, 0.15) is 18.5 Å². The monoisotopic (exact) mass is 346 g/mol. The lowest BCUT2D eigenvalue weighted by Crippen LogP contribution is -2.29. The van der Waals surface area contributed by atoms with Crippen LogP contribution < -0.4 is 10.6 Å². The Kier molecular flexibility index (Phi) is 7.36. The molecule has 0 spiro atoms. The van der Waals surface area contributed by atoms with Crippen LogP contribution in [0.3, 0.4) is 0 Å². The highest BCUT2D eigenvalue weighted by molar-refractivity contribution is 5.76. The maximum absolute atomic E-state index is 11.7. The van der Waals surface area contributed by atoms with E-state index < -0.39 is 0 Å². The first-order chi connectivity index (χ1) is 12.2. The van der Waals surface area contributed by atoms with Crippen molar-refractivity contribution in [3.8, 4) is 0 Å². The van der Waals surface area contributed by atoms with E-state index >= 15 is 0 Å². The van der Waals surface area contributed by atoms with E-state index in [9.17, 15) is 9.59 Å². The van der Waals surface area contributed by atoms with Crippen LogP contribution in [-0.2, 0) is 27.3 Å². The topological polar surface area (TPSA) is 111 Å². The molecule has 0 aromatic carbocycles. The molecule has 0 aliphatic rings. The fourth-order valence-corrected chi connectivity index (χ4v) is 2.09. The van der Waals surface area contributed by atoms with E-state index in [0.29, 0.717) is 0 Å². The molecule has 9 nitrogen and oxygen atoms in total. The van der Waals surface area contributed by atoms with Gasteiger partial charge in [0.2, 0.25) is 5.91 Å². The highest BCUT2D eigenvalue weighted by Gasteiger charge is 2.07. The first-order valence-electron chi connectivity index (χ1n) is 8.05. The summed E-state index contributed by atoms with van der Waals surface area (Å²) in [7, 11) is 1.31. The third kappa shape index (κ3) is 6.98. The second-order valence-electron chi connectivity index (χ2n) is 5.33. The summed E-state index contributed by atoms with van der Waals surface area (Å²) in [6.45, 7) is 1.09. The minimum atomic E-state index is -0.359. The number of aryl methyl sites for hydroxylation is 1. The summed E-state index contributed by atoms with van der Waals surface area (Å²) in [5, 5.41) is 13.8. The summed E-state index contributed by atoms with van der Waals surface area (Å²) in [5.41, 5.74) is 0.824. The van der Waals surface area contributed by atoms with Gasteiger partial charge in [0.1, 0.15) is 12.4 Å². The fraction of sp³-hybridized carbons (Fsp3) is 0.438. The molecule has 0 saturated carbocycles. The number of aromatic nitrogens is 4. The Morgan fingerprint density at radius 3 is 2.92 bits per heavy atom. The normalized spacial score (nSPS) is 10.3. The van der Waals surface area contributed by atoms with Gasteiger partial charge in [-0.15, -0.1) is 5.10 Å². The van der Waals surface area contributed by atoms with Crippen molar-refractivity contribution >= 4 is 17.7 Å². The van der Waals surface area contributed by atoms with Gasteiger partial charge in [0, 0.05) is 25.5 Å². The Bertz CT molecular complexity index is 674. The molecule has 0 aliphatic heterocycles. The van der Waals surface area contributed by atoms with E-state index in [4.69, 9.17) is 0 Å². The predicted molar refractivity (Wildman–Crippen MR) is 90.7 cm³/mol. The highest BCUT2D eigenvalue weighted by atomic mass is 16.5. The molecule has 0 radical (unpaired) electrons. The van der Waals surface area contributed by atoms with Crippen molar-refractivity contribution in [2.75, 3.05) is 25.5 Å². The molecule has 0 aliphatic carbocycles. The lowest BCUT2D eigenvalue weighted by atomic mass is 10.2. The van der Waals surface area contributed by atoms with E-state index in [0.717, 1.165) is 30.9 Å². The molecule has 0 unspecified atom stereocenters. The second kappa shape index (κ2) is 10.0. The molecule has 2 N–H and O–H groups in total. The van der Waals surface area contributed by atoms with Gasteiger partial charge in [-0.05, 0) is 25.0 Å². The fourth-order valence-electron chi connectivity index (χ4n) is 2.09. The quantitative estimate of drug-likeness (QED) is 0.473. The molecular formula is C16H22N6O3. The van der Waals surface area contributed by atoms with Crippen molar-refractivity contribution in [2.45, 2.75) is 25.8 Å². The number of amides is 1. The predicted octanol–water partition coefficient (Wildman–Crippen LogP) is 0.397. The molecule has 0 bridgehead atoms. The largest absolute Gasteiger partial charge is 0.469 e. The van der Waals surface area contributed by atoms with Crippen molar-refractivity contribution in [3.63, 3.8) is 0 Å². The average Bonchev–Trinajstić information content (AvgIpc) is 3.06. The van der Waals surface area contributed by atoms with Crippen molar-refractivity contribution in [1.82, 2.24) is 25.3 Å². The third-order valence-electron chi connectivity index (χ3n) is 3.35. The number of nitrogens with one attached hydrogen (secondary N) is 2. The van der Waals surface area contributed by atoms with Crippen LogP contribution in [0.15, 0.2) is 30.6 Å². The SMILES string of the molecule is COC(=O)CCNC(=O)Cn1cc(CCCNc2ccccn2)nn1. The summed E-state index contributed by atoms with van der Waals surface area (Å²) in [5.74, 6) is 0.259. The molecule has 0 fully saturated rings. The molecule has 25 heavy (non-hydrogen) atoms. The van der Waals surface area contributed by atoms with Crippen LogP contribution in [0.5, 0.6) is 0 Å². The first kappa shape index (κ1) is 18.4. The minimum absolute atomic E-state index is 0.0698.